The van der Waals surface area contributed by atoms with Crippen LogP contribution in [0.5, 0.6) is 5.75 Å². The minimum Gasteiger partial charge on any atom is -0.507 e. The van der Waals surface area contributed by atoms with Gasteiger partial charge in [-0.1, -0.05) is 17.5 Å². The lowest BCUT2D eigenvalue weighted by Crippen LogP contribution is -1.74. The number of hydrogen-bond acceptors (Lipinski definition) is 2. The number of phenols is 1. The van der Waals surface area contributed by atoms with Gasteiger partial charge in [0.25, 0.3) is 0 Å². The minimum absolute atomic E-state index is 0.213. The summed E-state index contributed by atoms with van der Waals surface area (Å²) in [4.78, 5) is 1.76. The van der Waals surface area contributed by atoms with Crippen molar-refractivity contribution in [2.24, 2.45) is 0 Å². The van der Waals surface area contributed by atoms with E-state index >= 15 is 0 Å². The summed E-state index contributed by atoms with van der Waals surface area (Å²) in [7, 11) is 0. The Morgan fingerprint density at radius 3 is 2.73 bits per heavy atom. The monoisotopic (exact) mass is 234 g/mol. The van der Waals surface area contributed by atoms with Crippen LogP contribution in [0.4, 0.5) is 0 Å². The fourth-order valence-electron chi connectivity index (χ4n) is 1.27. The van der Waals surface area contributed by atoms with Gasteiger partial charge in [0.15, 0.2) is 0 Å². The number of phenolic OH excluding ortho intramolecular Hbond substituents is 1. The van der Waals surface area contributed by atoms with Gasteiger partial charge in [-0.25, -0.2) is 0 Å². The summed E-state index contributed by atoms with van der Waals surface area (Å²) in [5.41, 5.74) is 0.717. The molecular formula is C12H7ClOS. The summed E-state index contributed by atoms with van der Waals surface area (Å²) in [6, 6.07) is 8.68. The second kappa shape index (κ2) is 3.98. The van der Waals surface area contributed by atoms with Gasteiger partial charge < -0.3 is 5.11 Å². The third-order valence-electron chi connectivity index (χ3n) is 1.97. The molecule has 0 spiro atoms. The van der Waals surface area contributed by atoms with Crippen LogP contribution in [0.1, 0.15) is 4.88 Å². The van der Waals surface area contributed by atoms with Crippen molar-refractivity contribution in [2.45, 2.75) is 0 Å². The molecule has 1 heterocycles. The second-order valence-electron chi connectivity index (χ2n) is 2.97. The van der Waals surface area contributed by atoms with E-state index in [1.807, 2.05) is 12.1 Å². The number of aromatic hydroxyl groups is 1. The quantitative estimate of drug-likeness (QED) is 0.745. The molecule has 0 saturated heterocycles. The maximum Gasteiger partial charge on any atom is 0.124 e. The fraction of sp³-hybridized carbons (Fsp3) is 0. The first-order valence-corrected chi connectivity index (χ1v) is 5.45. The molecular weight excluding hydrogens is 228 g/mol. The molecule has 15 heavy (non-hydrogen) atoms. The van der Waals surface area contributed by atoms with Gasteiger partial charge in [-0.3, -0.25) is 0 Å². The van der Waals surface area contributed by atoms with E-state index in [4.69, 9.17) is 18.0 Å². The van der Waals surface area contributed by atoms with E-state index in [0.717, 1.165) is 9.75 Å². The topological polar surface area (TPSA) is 20.2 Å². The molecule has 0 radical (unpaired) electrons. The first kappa shape index (κ1) is 10.1. The number of hydrogen-bond donors (Lipinski definition) is 1. The van der Waals surface area contributed by atoms with E-state index < -0.39 is 0 Å². The molecule has 2 aromatic rings. The molecule has 1 aromatic heterocycles. The van der Waals surface area contributed by atoms with Gasteiger partial charge in [0.2, 0.25) is 0 Å². The lowest BCUT2D eigenvalue weighted by atomic mass is 10.1. The van der Waals surface area contributed by atoms with Crippen molar-refractivity contribution in [3.05, 3.63) is 40.2 Å². The van der Waals surface area contributed by atoms with E-state index in [9.17, 15) is 5.11 Å². The molecule has 1 aromatic carbocycles. The average Bonchev–Trinajstić information content (AvgIpc) is 2.70. The summed E-state index contributed by atoms with van der Waals surface area (Å²) in [5.74, 6) is 2.77. The van der Waals surface area contributed by atoms with E-state index in [2.05, 4.69) is 5.92 Å². The zero-order valence-corrected chi connectivity index (χ0v) is 9.27. The molecule has 0 aliphatic heterocycles. The lowest BCUT2D eigenvalue weighted by Gasteiger charge is -2.01. The normalized spacial score (nSPS) is 9.87. The van der Waals surface area contributed by atoms with Crippen LogP contribution >= 0.6 is 22.9 Å². The van der Waals surface area contributed by atoms with Crippen molar-refractivity contribution in [1.82, 2.24) is 0 Å². The predicted molar refractivity (Wildman–Crippen MR) is 64.4 cm³/mol. The highest BCUT2D eigenvalue weighted by Crippen LogP contribution is 2.35. The van der Waals surface area contributed by atoms with Crippen LogP contribution in [-0.4, -0.2) is 5.11 Å². The molecule has 0 aliphatic rings. The van der Waals surface area contributed by atoms with Crippen molar-refractivity contribution in [3.8, 4) is 28.5 Å². The van der Waals surface area contributed by atoms with Gasteiger partial charge in [-0.05, 0) is 30.3 Å². The Balaban J connectivity index is 2.54. The molecule has 0 fully saturated rings. The largest absolute Gasteiger partial charge is 0.507 e. The van der Waals surface area contributed by atoms with Crippen molar-refractivity contribution in [1.29, 1.82) is 0 Å². The maximum atomic E-state index is 9.67. The standard InChI is InChI=1S/C12H7ClOS/c1-2-9-4-6-12(15-9)10-7-8(13)3-5-11(10)14/h1,3-7,14H. The first-order valence-electron chi connectivity index (χ1n) is 4.26. The molecule has 0 bridgehead atoms. The number of terminal acetylenes is 1. The van der Waals surface area contributed by atoms with Crippen LogP contribution in [0, 0.1) is 12.3 Å². The molecule has 0 unspecified atom stereocenters. The fourth-order valence-corrected chi connectivity index (χ4v) is 2.28. The van der Waals surface area contributed by atoms with E-state index in [0.29, 0.717) is 10.6 Å². The number of rotatable bonds is 1. The summed E-state index contributed by atoms with van der Waals surface area (Å²) < 4.78 is 0. The Morgan fingerprint density at radius 1 is 1.27 bits per heavy atom. The van der Waals surface area contributed by atoms with Crippen molar-refractivity contribution >= 4 is 22.9 Å². The van der Waals surface area contributed by atoms with E-state index in [-0.39, 0.29) is 5.75 Å². The zero-order valence-electron chi connectivity index (χ0n) is 7.70. The molecule has 3 heteroatoms. The highest BCUT2D eigenvalue weighted by molar-refractivity contribution is 7.16. The molecule has 0 amide bonds. The third kappa shape index (κ3) is 1.99. The molecule has 2 rings (SSSR count). The highest BCUT2D eigenvalue weighted by atomic mass is 35.5. The van der Waals surface area contributed by atoms with Crippen LogP contribution in [0.2, 0.25) is 5.02 Å². The molecule has 74 valence electrons. The van der Waals surface area contributed by atoms with Gasteiger partial charge in [-0.15, -0.1) is 17.8 Å². The lowest BCUT2D eigenvalue weighted by molar-refractivity contribution is 0.477. The molecule has 0 atom stereocenters. The first-order chi connectivity index (χ1) is 7.20. The van der Waals surface area contributed by atoms with Crippen molar-refractivity contribution in [2.75, 3.05) is 0 Å². The van der Waals surface area contributed by atoms with Gasteiger partial charge in [-0.2, -0.15) is 0 Å². The van der Waals surface area contributed by atoms with Crippen LogP contribution in [0.3, 0.4) is 0 Å². The molecule has 1 N–H and O–H groups in total. The van der Waals surface area contributed by atoms with E-state index in [1.54, 1.807) is 18.2 Å². The molecule has 0 aliphatic carbocycles. The van der Waals surface area contributed by atoms with E-state index in [1.165, 1.54) is 11.3 Å². The maximum absolute atomic E-state index is 9.67. The molecule has 0 saturated carbocycles. The molecule has 1 nitrogen and oxygen atoms in total. The van der Waals surface area contributed by atoms with Crippen molar-refractivity contribution in [3.63, 3.8) is 0 Å². The Kier molecular flexibility index (Phi) is 2.68. The summed E-state index contributed by atoms with van der Waals surface area (Å²) >= 11 is 7.31. The Morgan fingerprint density at radius 2 is 2.07 bits per heavy atom. The minimum atomic E-state index is 0.213. The number of thiophene rings is 1. The smallest absolute Gasteiger partial charge is 0.124 e. The average molecular weight is 235 g/mol. The Bertz CT molecular complexity index is 537. The summed E-state index contributed by atoms with van der Waals surface area (Å²) in [6.07, 6.45) is 5.28. The van der Waals surface area contributed by atoms with Crippen LogP contribution in [0.25, 0.3) is 10.4 Å². The van der Waals surface area contributed by atoms with Gasteiger partial charge in [0.05, 0.1) is 4.88 Å². The van der Waals surface area contributed by atoms with Crippen molar-refractivity contribution < 1.29 is 5.11 Å². The van der Waals surface area contributed by atoms with Crippen LogP contribution < -0.4 is 0 Å². The number of halogens is 1. The zero-order chi connectivity index (χ0) is 10.8. The van der Waals surface area contributed by atoms with Gasteiger partial charge in [0.1, 0.15) is 5.75 Å². The summed E-state index contributed by atoms with van der Waals surface area (Å²) in [6.45, 7) is 0. The van der Waals surface area contributed by atoms with Gasteiger partial charge in [0, 0.05) is 15.5 Å². The Labute approximate surface area is 97.0 Å². The van der Waals surface area contributed by atoms with Crippen LogP contribution in [0.15, 0.2) is 30.3 Å². The Hall–Kier alpha value is -1.43. The second-order valence-corrected chi connectivity index (χ2v) is 4.49. The highest BCUT2D eigenvalue weighted by Gasteiger charge is 2.07. The predicted octanol–water partition coefficient (Wildman–Crippen LogP) is 3.76. The number of benzene rings is 1. The SMILES string of the molecule is C#Cc1ccc(-c2cc(Cl)ccc2O)s1. The van der Waals surface area contributed by atoms with Crippen LogP contribution in [-0.2, 0) is 0 Å². The summed E-state index contributed by atoms with van der Waals surface area (Å²) in [5, 5.41) is 10.3. The third-order valence-corrected chi connectivity index (χ3v) is 3.26. The van der Waals surface area contributed by atoms with Gasteiger partial charge >= 0.3 is 0 Å².